The number of nitrogens with one attached hydrogen (secondary N) is 1. The van der Waals surface area contributed by atoms with Gasteiger partial charge >= 0.3 is 11.9 Å². The van der Waals surface area contributed by atoms with Gasteiger partial charge in [-0.3, -0.25) is 4.79 Å². The van der Waals surface area contributed by atoms with Crippen LogP contribution >= 0.6 is 0 Å². The second-order valence-corrected chi connectivity index (χ2v) is 6.14. The van der Waals surface area contributed by atoms with Crippen molar-refractivity contribution >= 4 is 11.9 Å². The zero-order chi connectivity index (χ0) is 18.3. The van der Waals surface area contributed by atoms with E-state index in [0.29, 0.717) is 12.0 Å². The minimum atomic E-state index is -0.293. The van der Waals surface area contributed by atoms with E-state index in [4.69, 9.17) is 0 Å². The van der Waals surface area contributed by atoms with Gasteiger partial charge in [-0.25, -0.2) is 4.79 Å². The van der Waals surface area contributed by atoms with Gasteiger partial charge in [0.15, 0.2) is 0 Å². The van der Waals surface area contributed by atoms with Crippen molar-refractivity contribution in [2.45, 2.75) is 51.4 Å². The van der Waals surface area contributed by atoms with Gasteiger partial charge in [-0.1, -0.05) is 31.4 Å². The summed E-state index contributed by atoms with van der Waals surface area (Å²) >= 11 is 0. The molecule has 1 aromatic rings. The molecule has 0 saturated carbocycles. The molecule has 1 N–H and O–H groups in total. The first-order valence-electron chi connectivity index (χ1n) is 9.12. The lowest BCUT2D eigenvalue weighted by Gasteiger charge is -2.06. The number of hydrogen-bond acceptors (Lipinski definition) is 5. The lowest BCUT2D eigenvalue weighted by atomic mass is 10.1. The smallest absolute Gasteiger partial charge is 0.337 e. The number of benzene rings is 1. The van der Waals surface area contributed by atoms with E-state index in [1.54, 1.807) is 0 Å². The van der Waals surface area contributed by atoms with Crippen LogP contribution in [0.4, 0.5) is 0 Å². The third kappa shape index (κ3) is 9.87. The molecule has 1 aromatic carbocycles. The predicted octanol–water partition coefficient (Wildman–Crippen LogP) is 3.51. The Balaban J connectivity index is 1.95. The van der Waals surface area contributed by atoms with E-state index in [0.717, 1.165) is 38.8 Å². The number of rotatable bonds is 13. The summed E-state index contributed by atoms with van der Waals surface area (Å²) in [4.78, 5) is 22.3. The number of carbonyl (C=O) groups excluding carboxylic acids is 2. The van der Waals surface area contributed by atoms with Crippen molar-refractivity contribution in [3.8, 4) is 0 Å². The molecule has 0 spiro atoms. The summed E-state index contributed by atoms with van der Waals surface area (Å²) in [5, 5.41) is 3.46. The van der Waals surface area contributed by atoms with Gasteiger partial charge in [-0.05, 0) is 56.5 Å². The number of aryl methyl sites for hydroxylation is 1. The molecule has 0 fully saturated rings. The molecule has 0 aliphatic rings. The van der Waals surface area contributed by atoms with Gasteiger partial charge in [-0.2, -0.15) is 0 Å². The fourth-order valence-electron chi connectivity index (χ4n) is 2.62. The first-order chi connectivity index (χ1) is 12.2. The van der Waals surface area contributed by atoms with Gasteiger partial charge in [0.25, 0.3) is 0 Å². The van der Waals surface area contributed by atoms with Crippen LogP contribution in [-0.2, 0) is 20.7 Å². The molecule has 0 bridgehead atoms. The Kier molecular flexibility index (Phi) is 11.4. The van der Waals surface area contributed by atoms with Crippen LogP contribution < -0.4 is 5.32 Å². The van der Waals surface area contributed by atoms with E-state index in [-0.39, 0.29) is 11.9 Å². The van der Waals surface area contributed by atoms with Gasteiger partial charge in [-0.15, -0.1) is 0 Å². The summed E-state index contributed by atoms with van der Waals surface area (Å²) in [5.74, 6) is -0.403. The SMILES string of the molecule is COC(=O)CCCCCCCNCCCc1ccc(C(=O)OC)cc1. The highest BCUT2D eigenvalue weighted by molar-refractivity contribution is 5.89. The second kappa shape index (κ2) is 13.4. The first-order valence-corrected chi connectivity index (χ1v) is 9.12. The molecule has 0 aliphatic heterocycles. The normalized spacial score (nSPS) is 10.5. The lowest BCUT2D eigenvalue weighted by molar-refractivity contribution is -0.140. The van der Waals surface area contributed by atoms with Crippen LogP contribution in [0, 0.1) is 0 Å². The average Bonchev–Trinajstić information content (AvgIpc) is 2.65. The van der Waals surface area contributed by atoms with E-state index in [2.05, 4.69) is 14.8 Å². The maximum atomic E-state index is 11.4. The standard InChI is InChI=1S/C20H31NO4/c1-24-19(22)10-6-4-3-5-7-15-21-16-8-9-17-11-13-18(14-12-17)20(23)25-2/h11-14,21H,3-10,15-16H2,1-2H3. The maximum Gasteiger partial charge on any atom is 0.337 e. The Morgan fingerprint density at radius 1 is 0.840 bits per heavy atom. The number of hydrogen-bond donors (Lipinski definition) is 1. The van der Waals surface area contributed by atoms with Gasteiger partial charge in [0.05, 0.1) is 19.8 Å². The van der Waals surface area contributed by atoms with Crippen molar-refractivity contribution in [3.63, 3.8) is 0 Å². The minimum absolute atomic E-state index is 0.110. The summed E-state index contributed by atoms with van der Waals surface area (Å²) in [6.45, 7) is 2.04. The average molecular weight is 349 g/mol. The summed E-state index contributed by atoms with van der Waals surface area (Å²) < 4.78 is 9.31. The summed E-state index contributed by atoms with van der Waals surface area (Å²) in [5.41, 5.74) is 1.83. The predicted molar refractivity (Wildman–Crippen MR) is 98.7 cm³/mol. The molecule has 5 heteroatoms. The van der Waals surface area contributed by atoms with Gasteiger partial charge in [0.2, 0.25) is 0 Å². The Labute approximate surface area is 151 Å². The van der Waals surface area contributed by atoms with E-state index < -0.39 is 0 Å². The van der Waals surface area contributed by atoms with Crippen LogP contribution in [-0.4, -0.2) is 39.2 Å². The maximum absolute atomic E-state index is 11.4. The zero-order valence-corrected chi connectivity index (χ0v) is 15.5. The number of ether oxygens (including phenoxy) is 2. The Bertz CT molecular complexity index is 499. The fourth-order valence-corrected chi connectivity index (χ4v) is 2.62. The Morgan fingerprint density at radius 3 is 2.16 bits per heavy atom. The van der Waals surface area contributed by atoms with Crippen molar-refractivity contribution in [3.05, 3.63) is 35.4 Å². The molecule has 0 radical (unpaired) electrons. The molecule has 25 heavy (non-hydrogen) atoms. The summed E-state index contributed by atoms with van der Waals surface area (Å²) in [6, 6.07) is 7.60. The van der Waals surface area contributed by atoms with Gasteiger partial charge in [0, 0.05) is 6.42 Å². The molecule has 0 aliphatic carbocycles. The molecule has 0 heterocycles. The van der Waals surface area contributed by atoms with Crippen molar-refractivity contribution < 1.29 is 19.1 Å². The molecular formula is C20H31NO4. The van der Waals surface area contributed by atoms with Crippen LogP contribution in [0.2, 0.25) is 0 Å². The molecule has 0 saturated heterocycles. The largest absolute Gasteiger partial charge is 0.469 e. The molecular weight excluding hydrogens is 318 g/mol. The first kappa shape index (κ1) is 21.2. The molecule has 0 unspecified atom stereocenters. The molecule has 5 nitrogen and oxygen atoms in total. The lowest BCUT2D eigenvalue weighted by Crippen LogP contribution is -2.17. The number of unbranched alkanes of at least 4 members (excludes halogenated alkanes) is 4. The third-order valence-corrected chi connectivity index (χ3v) is 4.16. The molecule has 0 aromatic heterocycles. The van der Waals surface area contributed by atoms with E-state index in [1.165, 1.54) is 39.0 Å². The molecule has 140 valence electrons. The van der Waals surface area contributed by atoms with Crippen molar-refractivity contribution in [2.75, 3.05) is 27.3 Å². The Hall–Kier alpha value is -1.88. The van der Waals surface area contributed by atoms with Gasteiger partial charge < -0.3 is 14.8 Å². The van der Waals surface area contributed by atoms with Crippen LogP contribution in [0.15, 0.2) is 24.3 Å². The Morgan fingerprint density at radius 2 is 1.48 bits per heavy atom. The van der Waals surface area contributed by atoms with Crippen molar-refractivity contribution in [1.82, 2.24) is 5.32 Å². The summed E-state index contributed by atoms with van der Waals surface area (Å²) in [7, 11) is 2.83. The van der Waals surface area contributed by atoms with Crippen LogP contribution in [0.5, 0.6) is 0 Å². The molecule has 0 atom stereocenters. The topological polar surface area (TPSA) is 64.6 Å². The fraction of sp³-hybridized carbons (Fsp3) is 0.600. The van der Waals surface area contributed by atoms with E-state index in [1.807, 2.05) is 24.3 Å². The van der Waals surface area contributed by atoms with Crippen LogP contribution in [0.25, 0.3) is 0 Å². The zero-order valence-electron chi connectivity index (χ0n) is 15.5. The highest BCUT2D eigenvalue weighted by Gasteiger charge is 2.04. The van der Waals surface area contributed by atoms with Crippen molar-refractivity contribution in [2.24, 2.45) is 0 Å². The number of esters is 2. The minimum Gasteiger partial charge on any atom is -0.469 e. The second-order valence-electron chi connectivity index (χ2n) is 6.14. The van der Waals surface area contributed by atoms with E-state index >= 15 is 0 Å². The summed E-state index contributed by atoms with van der Waals surface area (Å²) in [6.07, 6.45) is 8.18. The van der Waals surface area contributed by atoms with Crippen molar-refractivity contribution in [1.29, 1.82) is 0 Å². The van der Waals surface area contributed by atoms with E-state index in [9.17, 15) is 9.59 Å². The quantitative estimate of drug-likeness (QED) is 0.436. The van der Waals surface area contributed by atoms with Gasteiger partial charge in [0.1, 0.15) is 0 Å². The monoisotopic (exact) mass is 349 g/mol. The highest BCUT2D eigenvalue weighted by atomic mass is 16.5. The third-order valence-electron chi connectivity index (χ3n) is 4.16. The number of carbonyl (C=O) groups is 2. The van der Waals surface area contributed by atoms with Crippen LogP contribution in [0.1, 0.15) is 60.9 Å². The highest BCUT2D eigenvalue weighted by Crippen LogP contribution is 2.08. The molecule has 0 amide bonds. The van der Waals surface area contributed by atoms with Crippen LogP contribution in [0.3, 0.4) is 0 Å². The number of methoxy groups -OCH3 is 2. The molecule has 1 rings (SSSR count).